The Labute approximate surface area is 162 Å². The molecule has 5 fully saturated rings. The molecule has 2 N–H and O–H groups in total. The highest BCUT2D eigenvalue weighted by Gasteiger charge is 2.69. The molecule has 4 saturated heterocycles. The van der Waals surface area contributed by atoms with Gasteiger partial charge in [0.05, 0.1) is 6.20 Å². The van der Waals surface area contributed by atoms with Crippen LogP contribution in [-0.2, 0) is 19.2 Å². The lowest BCUT2D eigenvalue weighted by Crippen LogP contribution is -2.71. The van der Waals surface area contributed by atoms with Crippen molar-refractivity contribution in [2.24, 2.45) is 23.7 Å². The minimum Gasteiger partial charge on any atom is -0.343 e. The average Bonchev–Trinajstić information content (AvgIpc) is 2.88. The van der Waals surface area contributed by atoms with Crippen molar-refractivity contribution in [2.75, 3.05) is 5.32 Å². The Balaban J connectivity index is 1.51. The average molecular weight is 395 g/mol. The van der Waals surface area contributed by atoms with E-state index in [0.717, 1.165) is 31.9 Å². The fourth-order valence-corrected chi connectivity index (χ4v) is 5.70. The molecule has 1 spiro atoms. The van der Waals surface area contributed by atoms with Gasteiger partial charge in [-0.3, -0.25) is 4.98 Å². The van der Waals surface area contributed by atoms with E-state index in [1.54, 1.807) is 0 Å². The summed E-state index contributed by atoms with van der Waals surface area (Å²) in [6, 6.07) is 0. The first-order valence-corrected chi connectivity index (χ1v) is 10.0. The van der Waals surface area contributed by atoms with E-state index in [-0.39, 0.29) is 23.6 Å². The second-order valence-electron chi connectivity index (χ2n) is 8.88. The van der Waals surface area contributed by atoms with Gasteiger partial charge >= 0.3 is 5.69 Å². The summed E-state index contributed by atoms with van der Waals surface area (Å²) in [6.45, 7) is 6.17. The molecule has 0 amide bonds. The van der Waals surface area contributed by atoms with Crippen molar-refractivity contribution in [2.45, 2.75) is 70.4 Å². The van der Waals surface area contributed by atoms with Crippen LogP contribution >= 0.6 is 0 Å². The van der Waals surface area contributed by atoms with Gasteiger partial charge in [-0.1, -0.05) is 13.8 Å². The summed E-state index contributed by atoms with van der Waals surface area (Å²) in [4.78, 5) is 29.2. The van der Waals surface area contributed by atoms with Gasteiger partial charge in [0, 0.05) is 18.3 Å². The molecular formula is C19H26FN3O5. The number of nitrogens with one attached hydrogen (secondary N) is 2. The molecule has 0 radical (unpaired) electrons. The number of H-pyrrole nitrogens is 1. The zero-order valence-corrected chi connectivity index (χ0v) is 16.2. The van der Waals surface area contributed by atoms with Gasteiger partial charge in [0.15, 0.2) is 17.7 Å². The van der Waals surface area contributed by atoms with Crippen molar-refractivity contribution in [3.63, 3.8) is 0 Å². The van der Waals surface area contributed by atoms with Crippen LogP contribution in [0.2, 0.25) is 0 Å². The van der Waals surface area contributed by atoms with Gasteiger partial charge in [-0.15, -0.1) is 0 Å². The molecular weight excluding hydrogens is 369 g/mol. The van der Waals surface area contributed by atoms with Crippen molar-refractivity contribution in [3.8, 4) is 0 Å². The smallest absolute Gasteiger partial charge is 0.343 e. The number of ether oxygens (including phenoxy) is 2. The van der Waals surface area contributed by atoms with Crippen LogP contribution in [0.15, 0.2) is 11.0 Å². The molecule has 9 heteroatoms. The summed E-state index contributed by atoms with van der Waals surface area (Å²) in [7, 11) is 0. The summed E-state index contributed by atoms with van der Waals surface area (Å²) in [5, 5.41) is 3.01. The number of halogens is 1. The van der Waals surface area contributed by atoms with Crippen molar-refractivity contribution < 1.29 is 23.6 Å². The summed E-state index contributed by atoms with van der Waals surface area (Å²) in [5.41, 5.74) is -1.29. The Bertz CT molecular complexity index is 836. The largest absolute Gasteiger partial charge is 0.346 e. The van der Waals surface area contributed by atoms with Gasteiger partial charge in [0.1, 0.15) is 12.0 Å². The van der Waals surface area contributed by atoms with E-state index in [2.05, 4.69) is 29.1 Å². The first-order chi connectivity index (χ1) is 13.3. The zero-order valence-electron chi connectivity index (χ0n) is 16.2. The van der Waals surface area contributed by atoms with E-state index >= 15 is 0 Å². The first kappa shape index (κ1) is 18.5. The Kier molecular flexibility index (Phi) is 4.11. The highest BCUT2D eigenvalue weighted by molar-refractivity contribution is 5.35. The lowest BCUT2D eigenvalue weighted by Gasteiger charge is -2.60. The molecule has 154 valence electrons. The van der Waals surface area contributed by atoms with Gasteiger partial charge in [-0.25, -0.2) is 19.0 Å². The molecule has 8 nitrogen and oxygen atoms in total. The molecule has 1 saturated carbocycles. The summed E-state index contributed by atoms with van der Waals surface area (Å²) >= 11 is 0. The lowest BCUT2D eigenvalue weighted by molar-refractivity contribution is -0.570. The van der Waals surface area contributed by atoms with Gasteiger partial charge in [0.25, 0.3) is 0 Å². The molecule has 0 aromatic carbocycles. The Morgan fingerprint density at radius 2 is 2.07 bits per heavy atom. The molecule has 6 rings (SSSR count). The van der Waals surface area contributed by atoms with Crippen LogP contribution in [0, 0.1) is 29.5 Å². The van der Waals surface area contributed by atoms with Crippen LogP contribution in [0.4, 0.5) is 10.2 Å². The third-order valence-corrected chi connectivity index (χ3v) is 7.21. The van der Waals surface area contributed by atoms with Gasteiger partial charge < -0.3 is 14.8 Å². The number of aromatic nitrogens is 2. The van der Waals surface area contributed by atoms with Crippen molar-refractivity contribution >= 4 is 5.82 Å². The first-order valence-electron chi connectivity index (χ1n) is 10.0. The number of nitrogens with zero attached hydrogens (tertiary/aromatic N) is 1. The van der Waals surface area contributed by atoms with Crippen LogP contribution in [0.25, 0.3) is 0 Å². The second kappa shape index (κ2) is 6.22. The number of aromatic amines is 1. The molecule has 2 bridgehead atoms. The Morgan fingerprint density at radius 3 is 2.89 bits per heavy atom. The second-order valence-corrected chi connectivity index (χ2v) is 8.88. The predicted octanol–water partition coefficient (Wildman–Crippen LogP) is 2.53. The standard InChI is InChI=1S/C19H26FN3O5/c1-9-4-5-12-10(2)15(22-14-13(20)8-21-17(24)23-14)25-16-19(12)11(9)6-7-18(3,26-16)27-28-19/h8-12,15-16H,4-7H2,1-3H3,(H2,21,22,23,24)/t9-,10-,11+,12?,15?,16-,18?,19-/m1/s1. The quantitative estimate of drug-likeness (QED) is 0.743. The van der Waals surface area contributed by atoms with Crippen LogP contribution in [0.5, 0.6) is 0 Å². The van der Waals surface area contributed by atoms with Crippen LogP contribution < -0.4 is 11.0 Å². The highest BCUT2D eigenvalue weighted by Crippen LogP contribution is 2.60. The number of hydrogen-bond acceptors (Lipinski definition) is 7. The summed E-state index contributed by atoms with van der Waals surface area (Å²) in [5.74, 6) is -0.696. The Morgan fingerprint density at radius 1 is 1.25 bits per heavy atom. The number of hydrogen-bond donors (Lipinski definition) is 2. The molecule has 1 aromatic rings. The lowest BCUT2D eigenvalue weighted by atomic mass is 9.58. The molecule has 5 aliphatic rings. The predicted molar refractivity (Wildman–Crippen MR) is 95.3 cm³/mol. The Hall–Kier alpha value is -1.55. The molecule has 8 atom stereocenters. The zero-order chi connectivity index (χ0) is 19.7. The van der Waals surface area contributed by atoms with Crippen molar-refractivity contribution in [3.05, 3.63) is 22.5 Å². The number of rotatable bonds is 2. The third-order valence-electron chi connectivity index (χ3n) is 7.21. The minimum atomic E-state index is -0.862. The summed E-state index contributed by atoms with van der Waals surface area (Å²) in [6.07, 6.45) is 3.43. The van der Waals surface area contributed by atoms with E-state index in [0.29, 0.717) is 5.92 Å². The normalized spacial score (nSPS) is 47.3. The van der Waals surface area contributed by atoms with E-state index in [4.69, 9.17) is 19.2 Å². The number of anilines is 1. The van der Waals surface area contributed by atoms with Gasteiger partial charge in [-0.2, -0.15) is 4.98 Å². The van der Waals surface area contributed by atoms with Gasteiger partial charge in [-0.05, 0) is 38.0 Å². The monoisotopic (exact) mass is 395 g/mol. The maximum Gasteiger partial charge on any atom is 0.346 e. The highest BCUT2D eigenvalue weighted by atomic mass is 19.1. The molecule has 1 aliphatic carbocycles. The maximum atomic E-state index is 14.1. The topological polar surface area (TPSA) is 94.7 Å². The SMILES string of the molecule is C[C@H]1C(Nc2[nH]c(=O)ncc2F)O[C@@H]2OC3(C)CC[C@H]4[C@H](C)CCC1[C@@]24OO3. The van der Waals surface area contributed by atoms with Gasteiger partial charge in [0.2, 0.25) is 5.79 Å². The van der Waals surface area contributed by atoms with E-state index in [1.807, 2.05) is 6.92 Å². The van der Waals surface area contributed by atoms with E-state index in [9.17, 15) is 9.18 Å². The molecule has 5 heterocycles. The van der Waals surface area contributed by atoms with Crippen LogP contribution in [0.3, 0.4) is 0 Å². The van der Waals surface area contributed by atoms with Crippen molar-refractivity contribution in [1.82, 2.24) is 9.97 Å². The van der Waals surface area contributed by atoms with Crippen molar-refractivity contribution in [1.29, 1.82) is 0 Å². The maximum absolute atomic E-state index is 14.1. The van der Waals surface area contributed by atoms with Crippen LogP contribution in [-0.4, -0.2) is 33.9 Å². The van der Waals surface area contributed by atoms with E-state index in [1.165, 1.54) is 0 Å². The minimum absolute atomic E-state index is 0.0167. The number of fused-ring (bicyclic) bond motifs is 2. The molecule has 1 aromatic heterocycles. The third kappa shape index (κ3) is 2.56. The fourth-order valence-electron chi connectivity index (χ4n) is 5.70. The van der Waals surface area contributed by atoms with Crippen LogP contribution in [0.1, 0.15) is 46.5 Å². The molecule has 4 aliphatic heterocycles. The van der Waals surface area contributed by atoms with E-state index < -0.39 is 35.4 Å². The summed E-state index contributed by atoms with van der Waals surface area (Å²) < 4.78 is 26.7. The molecule has 3 unspecified atom stereocenters. The fraction of sp³-hybridized carbons (Fsp3) is 0.789. The molecule has 28 heavy (non-hydrogen) atoms.